The van der Waals surface area contributed by atoms with Crippen molar-refractivity contribution < 1.29 is 0 Å². The lowest BCUT2D eigenvalue weighted by Gasteiger charge is -2.23. The van der Waals surface area contributed by atoms with E-state index < -0.39 is 0 Å². The zero-order chi connectivity index (χ0) is 14.3. The van der Waals surface area contributed by atoms with E-state index >= 15 is 0 Å². The summed E-state index contributed by atoms with van der Waals surface area (Å²) in [6, 6.07) is 0.740. The van der Waals surface area contributed by atoms with Crippen molar-refractivity contribution >= 4 is 0 Å². The molecule has 0 radical (unpaired) electrons. The van der Waals surface area contributed by atoms with Crippen molar-refractivity contribution in [1.82, 2.24) is 10.2 Å². The molecule has 19 heavy (non-hydrogen) atoms. The number of hydrogen-bond acceptors (Lipinski definition) is 3. The Morgan fingerprint density at radius 1 is 1.42 bits per heavy atom. The molecule has 3 nitrogen and oxygen atoms in total. The first-order valence-corrected chi connectivity index (χ1v) is 7.69. The molecule has 110 valence electrons. The first kappa shape index (κ1) is 16.3. The van der Waals surface area contributed by atoms with Crippen LogP contribution in [-0.2, 0) is 0 Å². The molecule has 2 atom stereocenters. The number of nitrogens with one attached hydrogen (secondary N) is 1. The second-order valence-corrected chi connectivity index (χ2v) is 5.60. The maximum absolute atomic E-state index is 5.97. The molecular formula is C16H31N3. The second-order valence-electron chi connectivity index (χ2n) is 5.60. The molecule has 1 aliphatic rings. The molecule has 1 rings (SSSR count). The van der Waals surface area contributed by atoms with Crippen molar-refractivity contribution in [2.45, 2.75) is 59.0 Å². The van der Waals surface area contributed by atoms with E-state index in [1.807, 2.05) is 0 Å². The minimum atomic E-state index is 0.212. The van der Waals surface area contributed by atoms with Crippen molar-refractivity contribution in [2.24, 2.45) is 5.73 Å². The number of nitrogens with two attached hydrogens (primary N) is 1. The van der Waals surface area contributed by atoms with Gasteiger partial charge in [0.2, 0.25) is 0 Å². The zero-order valence-electron chi connectivity index (χ0n) is 13.1. The Morgan fingerprint density at radius 3 is 2.68 bits per heavy atom. The summed E-state index contributed by atoms with van der Waals surface area (Å²) in [4.78, 5) is 2.48. The summed E-state index contributed by atoms with van der Waals surface area (Å²) in [7, 11) is 0. The van der Waals surface area contributed by atoms with Gasteiger partial charge in [-0.05, 0) is 58.8 Å². The smallest absolute Gasteiger partial charge is 0.0302 e. The third kappa shape index (κ3) is 5.79. The fourth-order valence-electron chi connectivity index (χ4n) is 2.47. The van der Waals surface area contributed by atoms with Crippen LogP contribution < -0.4 is 11.1 Å². The van der Waals surface area contributed by atoms with Crippen LogP contribution in [0.15, 0.2) is 23.4 Å². The maximum Gasteiger partial charge on any atom is 0.0302 e. The van der Waals surface area contributed by atoms with E-state index in [1.165, 1.54) is 30.7 Å². The number of hydrogen-bond donors (Lipinski definition) is 2. The molecule has 0 aromatic rings. The highest BCUT2D eigenvalue weighted by Crippen LogP contribution is 2.15. The highest BCUT2D eigenvalue weighted by molar-refractivity contribution is 5.29. The quantitative estimate of drug-likeness (QED) is 0.709. The summed E-state index contributed by atoms with van der Waals surface area (Å²) in [5.74, 6) is 0. The monoisotopic (exact) mass is 265 g/mol. The lowest BCUT2D eigenvalue weighted by atomic mass is 9.99. The van der Waals surface area contributed by atoms with Crippen LogP contribution in [0.1, 0.15) is 47.0 Å². The number of nitrogens with zero attached hydrogens (tertiary/aromatic N) is 1. The molecule has 0 heterocycles. The lowest BCUT2D eigenvalue weighted by molar-refractivity contribution is 0.292. The number of rotatable bonds is 8. The predicted octanol–water partition coefficient (Wildman–Crippen LogP) is 2.65. The van der Waals surface area contributed by atoms with Gasteiger partial charge in [0.05, 0.1) is 0 Å². The molecule has 0 saturated heterocycles. The Hall–Kier alpha value is -0.800. The van der Waals surface area contributed by atoms with Crippen LogP contribution in [0.4, 0.5) is 0 Å². The van der Waals surface area contributed by atoms with Gasteiger partial charge in [0, 0.05) is 17.8 Å². The van der Waals surface area contributed by atoms with Crippen molar-refractivity contribution in [3.8, 4) is 0 Å². The Kier molecular flexibility index (Phi) is 7.17. The summed E-state index contributed by atoms with van der Waals surface area (Å²) in [6.07, 6.45) is 7.84. The normalized spacial score (nSPS) is 21.1. The molecule has 0 aliphatic heterocycles. The molecule has 1 aliphatic carbocycles. The molecule has 0 amide bonds. The Labute approximate surface area is 118 Å². The molecule has 0 spiro atoms. The Bertz CT molecular complexity index is 316. The van der Waals surface area contributed by atoms with Gasteiger partial charge in [0.1, 0.15) is 0 Å². The average molecular weight is 265 g/mol. The summed E-state index contributed by atoms with van der Waals surface area (Å²) in [5.41, 5.74) is 8.49. The van der Waals surface area contributed by atoms with Crippen molar-refractivity contribution in [3.63, 3.8) is 0 Å². The summed E-state index contributed by atoms with van der Waals surface area (Å²) >= 11 is 0. The van der Waals surface area contributed by atoms with Crippen molar-refractivity contribution in [2.75, 3.05) is 19.6 Å². The molecule has 0 bridgehead atoms. The fourth-order valence-corrected chi connectivity index (χ4v) is 2.47. The van der Waals surface area contributed by atoms with Gasteiger partial charge < -0.3 is 16.0 Å². The van der Waals surface area contributed by atoms with Crippen LogP contribution >= 0.6 is 0 Å². The molecule has 2 unspecified atom stereocenters. The van der Waals surface area contributed by atoms with Gasteiger partial charge in [-0.2, -0.15) is 0 Å². The summed E-state index contributed by atoms with van der Waals surface area (Å²) in [5, 5.41) is 3.59. The highest BCUT2D eigenvalue weighted by Gasteiger charge is 2.11. The van der Waals surface area contributed by atoms with Gasteiger partial charge >= 0.3 is 0 Å². The summed E-state index contributed by atoms with van der Waals surface area (Å²) < 4.78 is 0. The zero-order valence-corrected chi connectivity index (χ0v) is 13.1. The third-order valence-corrected chi connectivity index (χ3v) is 3.98. The van der Waals surface area contributed by atoms with E-state index in [-0.39, 0.29) is 6.04 Å². The van der Waals surface area contributed by atoms with E-state index in [1.54, 1.807) is 0 Å². The highest BCUT2D eigenvalue weighted by atomic mass is 15.1. The van der Waals surface area contributed by atoms with Crippen LogP contribution in [-0.4, -0.2) is 36.6 Å². The topological polar surface area (TPSA) is 41.3 Å². The van der Waals surface area contributed by atoms with Gasteiger partial charge in [-0.15, -0.1) is 0 Å². The largest absolute Gasteiger partial charge is 0.383 e. The van der Waals surface area contributed by atoms with Gasteiger partial charge in [-0.1, -0.05) is 25.5 Å². The minimum absolute atomic E-state index is 0.212. The van der Waals surface area contributed by atoms with Gasteiger partial charge in [-0.3, -0.25) is 0 Å². The molecule has 0 aromatic heterocycles. The molecule has 3 heteroatoms. The molecular weight excluding hydrogens is 234 g/mol. The van der Waals surface area contributed by atoms with Crippen LogP contribution in [0.25, 0.3) is 0 Å². The van der Waals surface area contributed by atoms with E-state index in [0.717, 1.165) is 19.5 Å². The van der Waals surface area contributed by atoms with Gasteiger partial charge in [0.15, 0.2) is 0 Å². The fraction of sp³-hybridized carbons (Fsp3) is 0.750. The lowest BCUT2D eigenvalue weighted by Crippen LogP contribution is -2.30. The van der Waals surface area contributed by atoms with Crippen LogP contribution in [0.5, 0.6) is 0 Å². The third-order valence-electron chi connectivity index (χ3n) is 3.98. The first-order valence-electron chi connectivity index (χ1n) is 7.69. The SMILES string of the molecule is CCN(CC)CCCC(C)NC1=CCC(N)C(C)=C1. The molecule has 0 aromatic carbocycles. The average Bonchev–Trinajstić information content (AvgIpc) is 2.39. The predicted molar refractivity (Wildman–Crippen MR) is 84.1 cm³/mol. The Balaban J connectivity index is 2.26. The van der Waals surface area contributed by atoms with E-state index in [4.69, 9.17) is 5.73 Å². The van der Waals surface area contributed by atoms with Crippen molar-refractivity contribution in [1.29, 1.82) is 0 Å². The minimum Gasteiger partial charge on any atom is -0.383 e. The maximum atomic E-state index is 5.97. The van der Waals surface area contributed by atoms with Crippen molar-refractivity contribution in [3.05, 3.63) is 23.4 Å². The van der Waals surface area contributed by atoms with Crippen LogP contribution in [0.2, 0.25) is 0 Å². The Morgan fingerprint density at radius 2 is 2.11 bits per heavy atom. The summed E-state index contributed by atoms with van der Waals surface area (Å²) in [6.45, 7) is 12.4. The standard InChI is InChI=1S/C16H31N3/c1-5-19(6-2)11-7-8-14(4)18-15-9-10-16(17)13(3)12-15/h9,12,14,16,18H,5-8,10-11,17H2,1-4H3. The van der Waals surface area contributed by atoms with Crippen LogP contribution in [0.3, 0.4) is 0 Å². The number of allylic oxidation sites excluding steroid dienone is 1. The van der Waals surface area contributed by atoms with Crippen LogP contribution in [0, 0.1) is 0 Å². The van der Waals surface area contributed by atoms with Gasteiger partial charge in [-0.25, -0.2) is 0 Å². The first-order chi connectivity index (χ1) is 9.06. The van der Waals surface area contributed by atoms with E-state index in [0.29, 0.717) is 6.04 Å². The second kappa shape index (κ2) is 8.39. The molecule has 0 fully saturated rings. The van der Waals surface area contributed by atoms with Gasteiger partial charge in [0.25, 0.3) is 0 Å². The van der Waals surface area contributed by atoms with E-state index in [2.05, 4.69) is 50.1 Å². The molecule has 0 saturated carbocycles. The molecule has 3 N–H and O–H groups in total. The van der Waals surface area contributed by atoms with E-state index in [9.17, 15) is 0 Å².